The molecule has 2 rings (SSSR count). The summed E-state index contributed by atoms with van der Waals surface area (Å²) in [5, 5.41) is 11.4. The number of nitrogens with zero attached hydrogens (tertiary/aromatic N) is 3. The quantitative estimate of drug-likeness (QED) is 0.862. The van der Waals surface area contributed by atoms with Crippen LogP contribution in [-0.2, 0) is 11.8 Å². The Balaban J connectivity index is 1.81. The molecule has 0 amide bonds. The zero-order valence-corrected chi connectivity index (χ0v) is 11.1. The van der Waals surface area contributed by atoms with Crippen molar-refractivity contribution in [1.29, 1.82) is 0 Å². The number of hydrogen-bond acceptors (Lipinski definition) is 4. The average molecular weight is 238 g/mol. The Hall–Kier alpha value is -0.940. The molecule has 1 fully saturated rings. The van der Waals surface area contributed by atoms with Crippen LogP contribution in [0, 0.1) is 0 Å². The second kappa shape index (κ2) is 4.74. The highest BCUT2D eigenvalue weighted by atomic mass is 16.5. The maximum atomic E-state index is 5.94. The van der Waals surface area contributed by atoms with Crippen LogP contribution in [0.4, 0.5) is 0 Å². The molecule has 0 aliphatic carbocycles. The molecule has 5 heteroatoms. The van der Waals surface area contributed by atoms with Crippen LogP contribution in [0.1, 0.15) is 45.5 Å². The standard InChI is InChI=1S/C12H22N4O/c1-9(11-15-14-8-16(11)4)13-7-10-5-6-12(2,3)17-10/h8-10,13H,5-7H2,1-4H3. The summed E-state index contributed by atoms with van der Waals surface area (Å²) in [4.78, 5) is 0. The molecule has 0 bridgehead atoms. The molecule has 5 nitrogen and oxygen atoms in total. The van der Waals surface area contributed by atoms with E-state index >= 15 is 0 Å². The molecule has 0 spiro atoms. The van der Waals surface area contributed by atoms with Gasteiger partial charge in [0.25, 0.3) is 0 Å². The van der Waals surface area contributed by atoms with E-state index in [4.69, 9.17) is 4.74 Å². The number of hydrogen-bond donors (Lipinski definition) is 1. The predicted octanol–water partition coefficient (Wildman–Crippen LogP) is 1.42. The summed E-state index contributed by atoms with van der Waals surface area (Å²) in [5.41, 5.74) is 0.0420. The van der Waals surface area contributed by atoms with E-state index in [1.807, 2.05) is 11.6 Å². The highest BCUT2D eigenvalue weighted by molar-refractivity contribution is 4.93. The van der Waals surface area contributed by atoms with Gasteiger partial charge in [0.1, 0.15) is 12.2 Å². The zero-order valence-electron chi connectivity index (χ0n) is 11.1. The Morgan fingerprint density at radius 3 is 2.94 bits per heavy atom. The molecule has 0 aromatic carbocycles. The lowest BCUT2D eigenvalue weighted by Gasteiger charge is -2.21. The van der Waals surface area contributed by atoms with Crippen LogP contribution >= 0.6 is 0 Å². The van der Waals surface area contributed by atoms with Gasteiger partial charge in [-0.25, -0.2) is 0 Å². The lowest BCUT2D eigenvalue weighted by molar-refractivity contribution is -0.0151. The van der Waals surface area contributed by atoms with E-state index in [1.165, 1.54) is 0 Å². The first-order chi connectivity index (χ1) is 7.98. The Morgan fingerprint density at radius 2 is 2.41 bits per heavy atom. The van der Waals surface area contributed by atoms with Crippen LogP contribution in [0.15, 0.2) is 6.33 Å². The van der Waals surface area contributed by atoms with Crippen LogP contribution < -0.4 is 5.32 Å². The van der Waals surface area contributed by atoms with Gasteiger partial charge in [-0.15, -0.1) is 10.2 Å². The molecule has 2 unspecified atom stereocenters. The summed E-state index contributed by atoms with van der Waals surface area (Å²) in [6, 6.07) is 0.204. The predicted molar refractivity (Wildman–Crippen MR) is 65.6 cm³/mol. The minimum Gasteiger partial charge on any atom is -0.371 e. The van der Waals surface area contributed by atoms with Gasteiger partial charge in [0, 0.05) is 13.6 Å². The van der Waals surface area contributed by atoms with Crippen molar-refractivity contribution >= 4 is 0 Å². The molecule has 1 saturated heterocycles. The molecule has 2 atom stereocenters. The molecule has 1 aliphatic heterocycles. The summed E-state index contributed by atoms with van der Waals surface area (Å²) in [5.74, 6) is 0.960. The fourth-order valence-electron chi connectivity index (χ4n) is 2.31. The van der Waals surface area contributed by atoms with E-state index < -0.39 is 0 Å². The molecular formula is C12H22N4O. The van der Waals surface area contributed by atoms with Crippen LogP contribution in [0.5, 0.6) is 0 Å². The van der Waals surface area contributed by atoms with Gasteiger partial charge in [-0.2, -0.15) is 0 Å². The minimum atomic E-state index is 0.0420. The summed E-state index contributed by atoms with van der Waals surface area (Å²) in [6.07, 6.45) is 4.31. The monoisotopic (exact) mass is 238 g/mol. The normalized spacial score (nSPS) is 25.1. The molecule has 0 radical (unpaired) electrons. The summed E-state index contributed by atoms with van der Waals surface area (Å²) >= 11 is 0. The molecular weight excluding hydrogens is 216 g/mol. The molecule has 1 aliphatic rings. The minimum absolute atomic E-state index is 0.0420. The van der Waals surface area contributed by atoms with E-state index in [-0.39, 0.29) is 11.6 Å². The van der Waals surface area contributed by atoms with Crippen molar-refractivity contribution in [2.45, 2.75) is 51.4 Å². The lowest BCUT2D eigenvalue weighted by atomic mass is 10.1. The largest absolute Gasteiger partial charge is 0.371 e. The van der Waals surface area contributed by atoms with Crippen LogP contribution in [0.3, 0.4) is 0 Å². The fraction of sp³-hybridized carbons (Fsp3) is 0.833. The highest BCUT2D eigenvalue weighted by Crippen LogP contribution is 2.29. The van der Waals surface area contributed by atoms with Crippen LogP contribution in [0.25, 0.3) is 0 Å². The van der Waals surface area contributed by atoms with E-state index in [1.54, 1.807) is 6.33 Å². The average Bonchev–Trinajstić information content (AvgIpc) is 2.81. The first kappa shape index (κ1) is 12.5. The first-order valence-electron chi connectivity index (χ1n) is 6.23. The van der Waals surface area contributed by atoms with Gasteiger partial charge in [0.05, 0.1) is 17.7 Å². The number of aryl methyl sites for hydroxylation is 1. The molecule has 1 N–H and O–H groups in total. The second-order valence-corrected chi connectivity index (χ2v) is 5.47. The zero-order chi connectivity index (χ0) is 12.5. The molecule has 0 saturated carbocycles. The third kappa shape index (κ3) is 3.04. The Kier molecular flexibility index (Phi) is 3.49. The van der Waals surface area contributed by atoms with Gasteiger partial charge >= 0.3 is 0 Å². The third-order valence-electron chi connectivity index (χ3n) is 3.34. The molecule has 1 aromatic heterocycles. The number of ether oxygens (including phenoxy) is 1. The van der Waals surface area contributed by atoms with Crippen molar-refractivity contribution in [2.24, 2.45) is 7.05 Å². The maximum Gasteiger partial charge on any atom is 0.149 e. The van der Waals surface area contributed by atoms with Crippen LogP contribution in [-0.4, -0.2) is 33.0 Å². The van der Waals surface area contributed by atoms with E-state index in [2.05, 4.69) is 36.3 Å². The van der Waals surface area contributed by atoms with Gasteiger partial charge in [-0.1, -0.05) is 0 Å². The number of rotatable bonds is 4. The van der Waals surface area contributed by atoms with Crippen molar-refractivity contribution in [3.63, 3.8) is 0 Å². The van der Waals surface area contributed by atoms with Gasteiger partial charge < -0.3 is 14.6 Å². The van der Waals surface area contributed by atoms with Crippen molar-refractivity contribution < 1.29 is 4.74 Å². The van der Waals surface area contributed by atoms with Gasteiger partial charge in [-0.05, 0) is 33.6 Å². The second-order valence-electron chi connectivity index (χ2n) is 5.47. The Labute approximate surface area is 103 Å². The topological polar surface area (TPSA) is 52.0 Å². The smallest absolute Gasteiger partial charge is 0.149 e. The maximum absolute atomic E-state index is 5.94. The molecule has 1 aromatic rings. The SMILES string of the molecule is CC(NCC1CCC(C)(C)O1)c1nncn1C. The Morgan fingerprint density at radius 1 is 1.65 bits per heavy atom. The Bertz CT molecular complexity index is 374. The lowest BCUT2D eigenvalue weighted by Crippen LogP contribution is -2.32. The fourth-order valence-corrected chi connectivity index (χ4v) is 2.31. The summed E-state index contributed by atoms with van der Waals surface area (Å²) < 4.78 is 7.88. The highest BCUT2D eigenvalue weighted by Gasteiger charge is 2.31. The van der Waals surface area contributed by atoms with Gasteiger partial charge in [0.15, 0.2) is 0 Å². The van der Waals surface area contributed by atoms with Crippen molar-refractivity contribution in [3.8, 4) is 0 Å². The van der Waals surface area contributed by atoms with Crippen molar-refractivity contribution in [2.75, 3.05) is 6.54 Å². The third-order valence-corrected chi connectivity index (χ3v) is 3.34. The summed E-state index contributed by atoms with van der Waals surface area (Å²) in [7, 11) is 1.96. The van der Waals surface area contributed by atoms with E-state index in [0.717, 1.165) is 25.2 Å². The molecule has 2 heterocycles. The van der Waals surface area contributed by atoms with Crippen molar-refractivity contribution in [1.82, 2.24) is 20.1 Å². The van der Waals surface area contributed by atoms with Gasteiger partial charge in [-0.3, -0.25) is 0 Å². The first-order valence-corrected chi connectivity index (χ1v) is 6.23. The van der Waals surface area contributed by atoms with E-state index in [0.29, 0.717) is 6.10 Å². The molecule has 17 heavy (non-hydrogen) atoms. The summed E-state index contributed by atoms with van der Waals surface area (Å²) in [6.45, 7) is 7.28. The van der Waals surface area contributed by atoms with Crippen LogP contribution in [0.2, 0.25) is 0 Å². The van der Waals surface area contributed by atoms with Gasteiger partial charge in [0.2, 0.25) is 0 Å². The van der Waals surface area contributed by atoms with E-state index in [9.17, 15) is 0 Å². The number of aromatic nitrogens is 3. The van der Waals surface area contributed by atoms with Crippen molar-refractivity contribution in [3.05, 3.63) is 12.2 Å². The molecule has 96 valence electrons. The number of nitrogens with one attached hydrogen (secondary N) is 1.